The lowest BCUT2D eigenvalue weighted by Gasteiger charge is -2.30. The highest BCUT2D eigenvalue weighted by Crippen LogP contribution is 2.41. The first-order valence-corrected chi connectivity index (χ1v) is 9.12. The van der Waals surface area contributed by atoms with E-state index < -0.39 is 0 Å². The number of nitrogens with one attached hydrogen (secondary N) is 2. The van der Waals surface area contributed by atoms with Gasteiger partial charge in [-0.05, 0) is 30.5 Å². The van der Waals surface area contributed by atoms with Crippen LogP contribution in [0.15, 0.2) is 24.3 Å². The molecule has 1 amide bonds. The van der Waals surface area contributed by atoms with E-state index in [0.717, 1.165) is 36.8 Å². The van der Waals surface area contributed by atoms with E-state index in [1.165, 1.54) is 18.4 Å². The molecule has 2 N–H and O–H groups in total. The zero-order chi connectivity index (χ0) is 15.4. The standard InChI is InChI=1S/C17H24N2O2S.ClH/c1-21-14-6-4-5-13(9-14)17(7-2-3-8-17)11-18-16(20)15-10-22-12-19-15;/h4-6,9,15,19H,2-3,7-8,10-12H2,1H3,(H,18,20);1H. The topological polar surface area (TPSA) is 50.4 Å². The Hall–Kier alpha value is -0.910. The smallest absolute Gasteiger partial charge is 0.238 e. The maximum atomic E-state index is 12.3. The molecule has 1 heterocycles. The van der Waals surface area contributed by atoms with Gasteiger partial charge in [-0.3, -0.25) is 10.1 Å². The fraction of sp³-hybridized carbons (Fsp3) is 0.588. The Bertz CT molecular complexity index is 529. The number of amides is 1. The molecule has 1 aliphatic carbocycles. The largest absolute Gasteiger partial charge is 0.497 e. The fourth-order valence-corrected chi connectivity index (χ4v) is 4.46. The summed E-state index contributed by atoms with van der Waals surface area (Å²) in [4.78, 5) is 12.3. The third kappa shape index (κ3) is 4.14. The van der Waals surface area contributed by atoms with Gasteiger partial charge in [-0.2, -0.15) is 0 Å². The van der Waals surface area contributed by atoms with Gasteiger partial charge in [0.2, 0.25) is 5.91 Å². The summed E-state index contributed by atoms with van der Waals surface area (Å²) in [6.07, 6.45) is 4.72. The van der Waals surface area contributed by atoms with Crippen LogP contribution in [0.5, 0.6) is 5.75 Å². The first-order valence-electron chi connectivity index (χ1n) is 7.97. The van der Waals surface area contributed by atoms with Crippen molar-refractivity contribution in [2.45, 2.75) is 37.1 Å². The molecule has 0 radical (unpaired) electrons. The van der Waals surface area contributed by atoms with Crippen molar-refractivity contribution in [1.29, 1.82) is 0 Å². The number of benzene rings is 1. The van der Waals surface area contributed by atoms with Gasteiger partial charge in [0.15, 0.2) is 0 Å². The number of halogens is 1. The number of thioether (sulfide) groups is 1. The van der Waals surface area contributed by atoms with E-state index in [-0.39, 0.29) is 29.8 Å². The Balaban J connectivity index is 0.00000192. The van der Waals surface area contributed by atoms with E-state index in [1.54, 1.807) is 18.9 Å². The van der Waals surface area contributed by atoms with E-state index in [9.17, 15) is 4.79 Å². The Morgan fingerprint density at radius 3 is 2.87 bits per heavy atom. The molecule has 6 heteroatoms. The molecule has 1 saturated heterocycles. The first-order chi connectivity index (χ1) is 10.7. The molecule has 4 nitrogen and oxygen atoms in total. The third-order valence-electron chi connectivity index (χ3n) is 4.88. The number of hydrogen-bond donors (Lipinski definition) is 2. The van der Waals surface area contributed by atoms with Crippen LogP contribution < -0.4 is 15.4 Å². The normalized spacial score (nSPS) is 22.4. The first kappa shape index (κ1) is 18.4. The molecule has 1 saturated carbocycles. The second-order valence-electron chi connectivity index (χ2n) is 6.21. The van der Waals surface area contributed by atoms with Crippen LogP contribution in [0.1, 0.15) is 31.2 Å². The van der Waals surface area contributed by atoms with Crippen LogP contribution >= 0.6 is 24.2 Å². The highest BCUT2D eigenvalue weighted by atomic mass is 35.5. The maximum absolute atomic E-state index is 12.3. The van der Waals surface area contributed by atoms with Crippen molar-refractivity contribution in [2.75, 3.05) is 25.3 Å². The van der Waals surface area contributed by atoms with E-state index in [0.29, 0.717) is 0 Å². The molecule has 1 unspecified atom stereocenters. The molecule has 1 aliphatic heterocycles. The minimum atomic E-state index is -0.0336. The minimum absolute atomic E-state index is 0. The summed E-state index contributed by atoms with van der Waals surface area (Å²) in [5, 5.41) is 6.42. The van der Waals surface area contributed by atoms with Gasteiger partial charge in [0, 0.05) is 23.6 Å². The summed E-state index contributed by atoms with van der Waals surface area (Å²) in [5.74, 6) is 2.78. The summed E-state index contributed by atoms with van der Waals surface area (Å²) < 4.78 is 5.37. The number of hydrogen-bond acceptors (Lipinski definition) is 4. The molecular formula is C17H25ClN2O2S. The lowest BCUT2D eigenvalue weighted by atomic mass is 9.78. The second kappa shape index (κ2) is 8.27. The van der Waals surface area contributed by atoms with Crippen LogP contribution in [0.3, 0.4) is 0 Å². The highest BCUT2D eigenvalue weighted by molar-refractivity contribution is 7.99. The SMILES string of the molecule is COc1cccc(C2(CNC(=O)C3CSCN3)CCCC2)c1.Cl. The van der Waals surface area contributed by atoms with Gasteiger partial charge in [0.1, 0.15) is 5.75 Å². The average Bonchev–Trinajstić information content (AvgIpc) is 3.25. The molecular weight excluding hydrogens is 332 g/mol. The Labute approximate surface area is 148 Å². The van der Waals surface area contributed by atoms with Crippen molar-refractivity contribution >= 4 is 30.1 Å². The number of methoxy groups -OCH3 is 1. The van der Waals surface area contributed by atoms with E-state index in [2.05, 4.69) is 22.8 Å². The van der Waals surface area contributed by atoms with Crippen LogP contribution in [-0.4, -0.2) is 37.2 Å². The predicted molar refractivity (Wildman–Crippen MR) is 97.6 cm³/mol. The summed E-state index contributed by atoms with van der Waals surface area (Å²) in [6, 6.07) is 8.29. The number of rotatable bonds is 5. The zero-order valence-electron chi connectivity index (χ0n) is 13.5. The van der Waals surface area contributed by atoms with Crippen LogP contribution in [0.4, 0.5) is 0 Å². The van der Waals surface area contributed by atoms with Crippen LogP contribution in [0.25, 0.3) is 0 Å². The summed E-state index contributed by atoms with van der Waals surface area (Å²) >= 11 is 1.78. The number of carbonyl (C=O) groups excluding carboxylic acids is 1. The van der Waals surface area contributed by atoms with Gasteiger partial charge in [-0.15, -0.1) is 24.2 Å². The molecule has 3 rings (SSSR count). The summed E-state index contributed by atoms with van der Waals surface area (Å²) in [7, 11) is 1.70. The fourth-order valence-electron chi connectivity index (χ4n) is 3.52. The molecule has 1 atom stereocenters. The minimum Gasteiger partial charge on any atom is -0.497 e. The van der Waals surface area contributed by atoms with Crippen molar-refractivity contribution in [3.05, 3.63) is 29.8 Å². The van der Waals surface area contributed by atoms with Crippen molar-refractivity contribution in [1.82, 2.24) is 10.6 Å². The highest BCUT2D eigenvalue weighted by Gasteiger charge is 2.37. The van der Waals surface area contributed by atoms with Crippen LogP contribution in [-0.2, 0) is 10.2 Å². The van der Waals surface area contributed by atoms with Gasteiger partial charge in [0.25, 0.3) is 0 Å². The third-order valence-corrected chi connectivity index (χ3v) is 5.82. The average molecular weight is 357 g/mol. The quantitative estimate of drug-likeness (QED) is 0.851. The maximum Gasteiger partial charge on any atom is 0.238 e. The van der Waals surface area contributed by atoms with Crippen molar-refractivity contribution < 1.29 is 9.53 Å². The van der Waals surface area contributed by atoms with E-state index in [1.807, 2.05) is 12.1 Å². The van der Waals surface area contributed by atoms with E-state index >= 15 is 0 Å². The van der Waals surface area contributed by atoms with Crippen molar-refractivity contribution in [3.63, 3.8) is 0 Å². The summed E-state index contributed by atoms with van der Waals surface area (Å²) in [5.41, 5.74) is 1.36. The molecule has 1 aromatic carbocycles. The van der Waals surface area contributed by atoms with Gasteiger partial charge in [0.05, 0.1) is 13.2 Å². The van der Waals surface area contributed by atoms with Gasteiger partial charge in [-0.1, -0.05) is 25.0 Å². The molecule has 23 heavy (non-hydrogen) atoms. The van der Waals surface area contributed by atoms with Crippen LogP contribution in [0, 0.1) is 0 Å². The lowest BCUT2D eigenvalue weighted by Crippen LogP contribution is -2.47. The number of carbonyl (C=O) groups is 1. The number of ether oxygens (including phenoxy) is 1. The Kier molecular flexibility index (Phi) is 6.62. The predicted octanol–water partition coefficient (Wildman–Crippen LogP) is 2.71. The van der Waals surface area contributed by atoms with Gasteiger partial charge < -0.3 is 10.1 Å². The Morgan fingerprint density at radius 2 is 2.22 bits per heavy atom. The lowest BCUT2D eigenvalue weighted by molar-refractivity contribution is -0.122. The second-order valence-corrected chi connectivity index (χ2v) is 7.24. The van der Waals surface area contributed by atoms with Crippen molar-refractivity contribution in [2.24, 2.45) is 0 Å². The van der Waals surface area contributed by atoms with Crippen LogP contribution in [0.2, 0.25) is 0 Å². The Morgan fingerprint density at radius 1 is 1.43 bits per heavy atom. The molecule has 0 aromatic heterocycles. The van der Waals surface area contributed by atoms with Gasteiger partial charge in [-0.25, -0.2) is 0 Å². The molecule has 128 valence electrons. The van der Waals surface area contributed by atoms with Gasteiger partial charge >= 0.3 is 0 Å². The zero-order valence-corrected chi connectivity index (χ0v) is 15.1. The molecule has 0 bridgehead atoms. The molecule has 2 fully saturated rings. The molecule has 1 aromatic rings. The monoisotopic (exact) mass is 356 g/mol. The molecule has 0 spiro atoms. The summed E-state index contributed by atoms with van der Waals surface area (Å²) in [6.45, 7) is 0.724. The molecule has 2 aliphatic rings. The van der Waals surface area contributed by atoms with E-state index in [4.69, 9.17) is 4.74 Å². The van der Waals surface area contributed by atoms with Crippen molar-refractivity contribution in [3.8, 4) is 5.75 Å².